The van der Waals surface area contributed by atoms with Crippen molar-refractivity contribution in [1.82, 2.24) is 19.9 Å². The molecule has 0 saturated carbocycles. The van der Waals surface area contributed by atoms with Gasteiger partial charge in [-0.3, -0.25) is 0 Å². The van der Waals surface area contributed by atoms with Gasteiger partial charge in [0.15, 0.2) is 0 Å². The number of nitrogens with one attached hydrogen (secondary N) is 2. The Kier molecular flexibility index (Phi) is 4.64. The Morgan fingerprint density at radius 3 is 2.70 bits per heavy atom. The van der Waals surface area contributed by atoms with Crippen molar-refractivity contribution in [3.63, 3.8) is 0 Å². The molecule has 3 aromatic carbocycles. The number of fused-ring (bicyclic) bond motifs is 3. The van der Waals surface area contributed by atoms with Crippen molar-refractivity contribution in [2.45, 2.75) is 26.2 Å². The molecule has 33 heavy (non-hydrogen) atoms. The molecule has 0 spiro atoms. The van der Waals surface area contributed by atoms with Crippen LogP contribution in [0.15, 0.2) is 61.1 Å². The third kappa shape index (κ3) is 3.44. The molecule has 2 N–H and O–H groups in total. The van der Waals surface area contributed by atoms with Crippen molar-refractivity contribution in [3.8, 4) is 11.1 Å². The molecule has 6 heteroatoms. The number of hydrogen-bond donors (Lipinski definition) is 2. The summed E-state index contributed by atoms with van der Waals surface area (Å²) in [6.45, 7) is 2.12. The van der Waals surface area contributed by atoms with Crippen molar-refractivity contribution in [2.24, 2.45) is 0 Å². The van der Waals surface area contributed by atoms with Crippen LogP contribution in [0.4, 0.5) is 17.5 Å². The summed E-state index contributed by atoms with van der Waals surface area (Å²) in [6, 6.07) is 17.2. The van der Waals surface area contributed by atoms with Gasteiger partial charge in [0.2, 0.25) is 5.95 Å². The van der Waals surface area contributed by atoms with E-state index in [4.69, 9.17) is 4.98 Å². The van der Waals surface area contributed by atoms with Gasteiger partial charge in [0.05, 0.1) is 11.0 Å². The maximum atomic E-state index is 4.69. The van der Waals surface area contributed by atoms with Crippen molar-refractivity contribution in [1.29, 1.82) is 0 Å². The van der Waals surface area contributed by atoms with E-state index in [1.165, 1.54) is 24.0 Å². The standard InChI is InChI=1S/C27H24N6/c1-16-6-10-22-25(24(16)19-8-11-23-20(12-19)14-29-27(28-2)33-23)30-15-31-26(22)32-21-9-7-17-4-3-5-18(17)13-21/h6-15H,3-5H2,1-2H3,(H,28,29,33)(H,30,31,32). The highest BCUT2D eigenvalue weighted by molar-refractivity contribution is 6.02. The third-order valence-electron chi connectivity index (χ3n) is 6.47. The molecule has 0 saturated heterocycles. The van der Waals surface area contributed by atoms with Gasteiger partial charge in [-0.05, 0) is 78.8 Å². The quantitative estimate of drug-likeness (QED) is 0.373. The van der Waals surface area contributed by atoms with Gasteiger partial charge in [-0.15, -0.1) is 0 Å². The van der Waals surface area contributed by atoms with Crippen LogP contribution < -0.4 is 10.6 Å². The van der Waals surface area contributed by atoms with Crippen LogP contribution in [0.2, 0.25) is 0 Å². The summed E-state index contributed by atoms with van der Waals surface area (Å²) < 4.78 is 0. The largest absolute Gasteiger partial charge is 0.357 e. The number of hydrogen-bond acceptors (Lipinski definition) is 6. The van der Waals surface area contributed by atoms with Crippen LogP contribution >= 0.6 is 0 Å². The number of benzene rings is 3. The van der Waals surface area contributed by atoms with E-state index in [0.29, 0.717) is 5.95 Å². The topological polar surface area (TPSA) is 75.6 Å². The molecule has 1 aliphatic rings. The first-order chi connectivity index (χ1) is 16.2. The van der Waals surface area contributed by atoms with Crippen molar-refractivity contribution < 1.29 is 0 Å². The molecule has 0 atom stereocenters. The van der Waals surface area contributed by atoms with Gasteiger partial charge < -0.3 is 10.6 Å². The Labute approximate surface area is 192 Å². The van der Waals surface area contributed by atoms with E-state index in [1.807, 2.05) is 19.3 Å². The zero-order chi connectivity index (χ0) is 22.4. The molecule has 2 heterocycles. The molecule has 6 nitrogen and oxygen atoms in total. The molecule has 6 rings (SSSR count). The van der Waals surface area contributed by atoms with Crippen LogP contribution in [0.5, 0.6) is 0 Å². The normalized spacial score (nSPS) is 12.8. The van der Waals surface area contributed by atoms with Crippen LogP contribution in [-0.4, -0.2) is 27.0 Å². The maximum Gasteiger partial charge on any atom is 0.222 e. The summed E-state index contributed by atoms with van der Waals surface area (Å²) in [5.41, 5.74) is 9.17. The summed E-state index contributed by atoms with van der Waals surface area (Å²) in [4.78, 5) is 18.2. The van der Waals surface area contributed by atoms with Crippen LogP contribution in [-0.2, 0) is 12.8 Å². The van der Waals surface area contributed by atoms with E-state index >= 15 is 0 Å². The van der Waals surface area contributed by atoms with Gasteiger partial charge in [0.25, 0.3) is 0 Å². The van der Waals surface area contributed by atoms with E-state index in [9.17, 15) is 0 Å². The van der Waals surface area contributed by atoms with E-state index in [-0.39, 0.29) is 0 Å². The first-order valence-corrected chi connectivity index (χ1v) is 11.3. The highest BCUT2D eigenvalue weighted by Crippen LogP contribution is 2.35. The SMILES string of the molecule is CNc1ncc2cc(-c3c(C)ccc4c(Nc5ccc6c(c5)CCC6)ncnc34)ccc2n1. The minimum atomic E-state index is 0.617. The van der Waals surface area contributed by atoms with Gasteiger partial charge in [0, 0.05) is 35.3 Å². The fourth-order valence-corrected chi connectivity index (χ4v) is 4.79. The second-order valence-corrected chi connectivity index (χ2v) is 8.56. The summed E-state index contributed by atoms with van der Waals surface area (Å²) in [7, 11) is 1.82. The molecule has 162 valence electrons. The van der Waals surface area contributed by atoms with E-state index < -0.39 is 0 Å². The Morgan fingerprint density at radius 2 is 1.79 bits per heavy atom. The third-order valence-corrected chi connectivity index (χ3v) is 6.47. The molecule has 0 bridgehead atoms. The maximum absolute atomic E-state index is 4.69. The smallest absolute Gasteiger partial charge is 0.222 e. The zero-order valence-corrected chi connectivity index (χ0v) is 18.7. The second-order valence-electron chi connectivity index (χ2n) is 8.56. The molecule has 2 aromatic heterocycles. The highest BCUT2D eigenvalue weighted by Gasteiger charge is 2.15. The summed E-state index contributed by atoms with van der Waals surface area (Å²) in [5, 5.41) is 8.53. The average Bonchev–Trinajstić information content (AvgIpc) is 3.31. The molecule has 0 fully saturated rings. The van der Waals surface area contributed by atoms with Gasteiger partial charge >= 0.3 is 0 Å². The van der Waals surface area contributed by atoms with Gasteiger partial charge in [-0.25, -0.2) is 19.9 Å². The number of rotatable bonds is 4. The van der Waals surface area contributed by atoms with Gasteiger partial charge in [0.1, 0.15) is 12.1 Å². The average molecular weight is 433 g/mol. The Morgan fingerprint density at radius 1 is 0.879 bits per heavy atom. The number of aromatic nitrogens is 4. The van der Waals surface area contributed by atoms with Crippen molar-refractivity contribution in [3.05, 3.63) is 77.7 Å². The lowest BCUT2D eigenvalue weighted by Gasteiger charge is -2.14. The van der Waals surface area contributed by atoms with E-state index in [1.54, 1.807) is 6.33 Å². The summed E-state index contributed by atoms with van der Waals surface area (Å²) >= 11 is 0. The fraction of sp³-hybridized carbons (Fsp3) is 0.185. The van der Waals surface area contributed by atoms with E-state index in [0.717, 1.165) is 56.4 Å². The Bertz CT molecular complexity index is 1520. The fourth-order valence-electron chi connectivity index (χ4n) is 4.79. The van der Waals surface area contributed by atoms with Crippen LogP contribution in [0.3, 0.4) is 0 Å². The highest BCUT2D eigenvalue weighted by atomic mass is 15.1. The first kappa shape index (κ1) is 19.6. The van der Waals surface area contributed by atoms with Crippen LogP contribution in [0.25, 0.3) is 32.9 Å². The minimum absolute atomic E-state index is 0.617. The number of aryl methyl sites for hydroxylation is 3. The van der Waals surface area contributed by atoms with Gasteiger partial charge in [-0.2, -0.15) is 0 Å². The molecule has 1 aliphatic carbocycles. The molecule has 0 aliphatic heterocycles. The summed E-state index contributed by atoms with van der Waals surface area (Å²) in [6.07, 6.45) is 7.07. The lowest BCUT2D eigenvalue weighted by molar-refractivity contribution is 0.912. The molecule has 0 unspecified atom stereocenters. The number of nitrogens with zero attached hydrogens (tertiary/aromatic N) is 4. The Balaban J connectivity index is 1.45. The molecular formula is C27H24N6. The minimum Gasteiger partial charge on any atom is -0.357 e. The van der Waals surface area contributed by atoms with E-state index in [2.05, 4.69) is 75.0 Å². The lowest BCUT2D eigenvalue weighted by atomic mass is 9.96. The molecule has 0 radical (unpaired) electrons. The Hall–Kier alpha value is -4.06. The van der Waals surface area contributed by atoms with Crippen LogP contribution in [0, 0.1) is 6.92 Å². The number of anilines is 3. The van der Waals surface area contributed by atoms with Crippen molar-refractivity contribution in [2.75, 3.05) is 17.7 Å². The molecule has 0 amide bonds. The summed E-state index contributed by atoms with van der Waals surface area (Å²) in [5.74, 6) is 1.44. The van der Waals surface area contributed by atoms with Crippen molar-refractivity contribution >= 4 is 39.3 Å². The second kappa shape index (κ2) is 7.81. The predicted octanol–water partition coefficient (Wildman–Crippen LogP) is 5.82. The predicted molar refractivity (Wildman–Crippen MR) is 134 cm³/mol. The van der Waals surface area contributed by atoms with Crippen LogP contribution in [0.1, 0.15) is 23.1 Å². The molecular weight excluding hydrogens is 408 g/mol. The van der Waals surface area contributed by atoms with Gasteiger partial charge in [-0.1, -0.05) is 18.2 Å². The molecule has 5 aromatic rings. The zero-order valence-electron chi connectivity index (χ0n) is 18.7. The lowest BCUT2D eigenvalue weighted by Crippen LogP contribution is -1.99. The monoisotopic (exact) mass is 432 g/mol. The first-order valence-electron chi connectivity index (χ1n) is 11.3.